The van der Waals surface area contributed by atoms with E-state index in [4.69, 9.17) is 20.9 Å². The topological polar surface area (TPSA) is 50.7 Å². The van der Waals surface area contributed by atoms with Crippen molar-refractivity contribution in [3.05, 3.63) is 23.2 Å². The van der Waals surface area contributed by atoms with Crippen LogP contribution in [-0.4, -0.2) is 35.6 Å². The molecular weight excluding hydrogens is 324 g/mol. The van der Waals surface area contributed by atoms with Gasteiger partial charge in [0.05, 0.1) is 28.0 Å². The molecule has 0 spiro atoms. The number of hydrogen-bond donors (Lipinski definition) is 2. The zero-order valence-electron chi connectivity index (χ0n) is 14.9. The largest absolute Gasteiger partial charge is 0.494 e. The molecule has 0 unspecified atom stereocenters. The van der Waals surface area contributed by atoms with Gasteiger partial charge in [0, 0.05) is 6.04 Å². The van der Waals surface area contributed by atoms with Crippen LogP contribution in [0.5, 0.6) is 0 Å². The average molecular weight is 352 g/mol. The Kier molecular flexibility index (Phi) is 4.91. The van der Waals surface area contributed by atoms with Gasteiger partial charge in [-0.05, 0) is 71.0 Å². The minimum atomic E-state index is -0.397. The highest BCUT2D eigenvalue weighted by atomic mass is 35.5. The van der Waals surface area contributed by atoms with Gasteiger partial charge in [-0.3, -0.25) is 0 Å². The summed E-state index contributed by atoms with van der Waals surface area (Å²) in [6, 6.07) is 6.29. The SMILES string of the molecule is CC1(C)OB(c2ccc(NC3CCC(O)CC3)c(Cl)c2)OC1(C)C. The van der Waals surface area contributed by atoms with Crippen molar-refractivity contribution >= 4 is 29.9 Å². The predicted octanol–water partition coefficient (Wildman–Crippen LogP) is 3.35. The van der Waals surface area contributed by atoms with Gasteiger partial charge in [-0.2, -0.15) is 0 Å². The lowest BCUT2D eigenvalue weighted by Gasteiger charge is -2.32. The number of hydrogen-bond acceptors (Lipinski definition) is 4. The summed E-state index contributed by atoms with van der Waals surface area (Å²) in [4.78, 5) is 0. The molecule has 1 aromatic rings. The number of aliphatic hydroxyl groups is 1. The standard InChI is InChI=1S/C18H27BClNO3/c1-17(2)18(3,4)24-19(23-17)12-5-10-16(15(20)11-12)21-13-6-8-14(22)9-7-13/h5,10-11,13-14,21-22H,6-9H2,1-4H3. The fourth-order valence-electron chi connectivity index (χ4n) is 3.21. The number of benzene rings is 1. The minimum Gasteiger partial charge on any atom is -0.399 e. The molecule has 1 aliphatic heterocycles. The number of aliphatic hydroxyl groups excluding tert-OH is 1. The lowest BCUT2D eigenvalue weighted by Crippen LogP contribution is -2.41. The first-order valence-corrected chi connectivity index (χ1v) is 9.15. The van der Waals surface area contributed by atoms with Gasteiger partial charge in [0.1, 0.15) is 0 Å². The van der Waals surface area contributed by atoms with Gasteiger partial charge in [0.15, 0.2) is 0 Å². The van der Waals surface area contributed by atoms with Crippen LogP contribution in [0.4, 0.5) is 5.69 Å². The lowest BCUT2D eigenvalue weighted by molar-refractivity contribution is 0.00578. The molecule has 2 aliphatic rings. The maximum Gasteiger partial charge on any atom is 0.494 e. The highest BCUT2D eigenvalue weighted by molar-refractivity contribution is 6.62. The van der Waals surface area contributed by atoms with Crippen LogP contribution in [0.25, 0.3) is 0 Å². The first-order valence-electron chi connectivity index (χ1n) is 8.78. The summed E-state index contributed by atoms with van der Waals surface area (Å²) in [6.45, 7) is 8.17. The highest BCUT2D eigenvalue weighted by Gasteiger charge is 2.51. The predicted molar refractivity (Wildman–Crippen MR) is 99.1 cm³/mol. The zero-order valence-corrected chi connectivity index (χ0v) is 15.7. The maximum atomic E-state index is 9.61. The van der Waals surface area contributed by atoms with Crippen molar-refractivity contribution in [1.82, 2.24) is 0 Å². The summed E-state index contributed by atoms with van der Waals surface area (Å²) in [5, 5.41) is 13.8. The van der Waals surface area contributed by atoms with E-state index in [1.165, 1.54) is 0 Å². The fourth-order valence-corrected chi connectivity index (χ4v) is 3.46. The van der Waals surface area contributed by atoms with E-state index < -0.39 is 7.12 Å². The minimum absolute atomic E-state index is 0.149. The van der Waals surface area contributed by atoms with Gasteiger partial charge < -0.3 is 19.7 Å². The molecule has 1 saturated heterocycles. The van der Waals surface area contributed by atoms with E-state index in [0.29, 0.717) is 11.1 Å². The molecule has 1 aliphatic carbocycles. The molecule has 132 valence electrons. The van der Waals surface area contributed by atoms with Gasteiger partial charge in [0.25, 0.3) is 0 Å². The Morgan fingerprint density at radius 2 is 1.67 bits per heavy atom. The number of nitrogens with one attached hydrogen (secondary N) is 1. The average Bonchev–Trinajstić information content (AvgIpc) is 2.72. The van der Waals surface area contributed by atoms with Crippen LogP contribution in [0.1, 0.15) is 53.4 Å². The van der Waals surface area contributed by atoms with Crippen LogP contribution in [0.2, 0.25) is 5.02 Å². The second kappa shape index (κ2) is 6.52. The molecular formula is C18H27BClNO3. The van der Waals surface area contributed by atoms with Crippen LogP contribution in [0.15, 0.2) is 18.2 Å². The smallest absolute Gasteiger partial charge is 0.399 e. The molecule has 0 bridgehead atoms. The van der Waals surface area contributed by atoms with E-state index in [0.717, 1.165) is 36.8 Å². The van der Waals surface area contributed by atoms with Gasteiger partial charge >= 0.3 is 7.12 Å². The van der Waals surface area contributed by atoms with Crippen molar-refractivity contribution < 1.29 is 14.4 Å². The molecule has 4 nitrogen and oxygen atoms in total. The van der Waals surface area contributed by atoms with E-state index >= 15 is 0 Å². The maximum absolute atomic E-state index is 9.61. The number of anilines is 1. The summed E-state index contributed by atoms with van der Waals surface area (Å²) in [5.41, 5.74) is 1.15. The first-order chi connectivity index (χ1) is 11.2. The lowest BCUT2D eigenvalue weighted by atomic mass is 9.79. The number of rotatable bonds is 3. The Morgan fingerprint density at radius 1 is 1.08 bits per heavy atom. The van der Waals surface area contributed by atoms with Crippen molar-refractivity contribution in [2.45, 2.75) is 76.7 Å². The van der Waals surface area contributed by atoms with E-state index in [9.17, 15) is 5.11 Å². The normalized spacial score (nSPS) is 28.8. The van der Waals surface area contributed by atoms with Gasteiger partial charge in [0.2, 0.25) is 0 Å². The molecule has 0 amide bonds. The third-order valence-electron chi connectivity index (χ3n) is 5.57. The molecule has 0 atom stereocenters. The molecule has 6 heteroatoms. The van der Waals surface area contributed by atoms with Gasteiger partial charge in [-0.15, -0.1) is 0 Å². The highest BCUT2D eigenvalue weighted by Crippen LogP contribution is 2.37. The van der Waals surface area contributed by atoms with E-state index in [1.807, 2.05) is 45.9 Å². The van der Waals surface area contributed by atoms with Gasteiger partial charge in [-0.1, -0.05) is 17.7 Å². The Hall–Kier alpha value is -0.745. The fraction of sp³-hybridized carbons (Fsp3) is 0.667. The van der Waals surface area contributed by atoms with Crippen LogP contribution >= 0.6 is 11.6 Å². The summed E-state index contributed by atoms with van der Waals surface area (Å²) in [5.74, 6) is 0. The number of halogens is 1. The molecule has 24 heavy (non-hydrogen) atoms. The molecule has 0 radical (unpaired) electrons. The van der Waals surface area contributed by atoms with Crippen LogP contribution in [0, 0.1) is 0 Å². The van der Waals surface area contributed by atoms with Crippen LogP contribution in [-0.2, 0) is 9.31 Å². The second-order valence-electron chi connectivity index (χ2n) is 7.98. The Bertz CT molecular complexity index is 584. The Labute approximate surface area is 150 Å². The molecule has 0 aromatic heterocycles. The molecule has 3 rings (SSSR count). The quantitative estimate of drug-likeness (QED) is 0.820. The molecule has 2 N–H and O–H groups in total. The van der Waals surface area contributed by atoms with E-state index in [1.54, 1.807) is 0 Å². The van der Waals surface area contributed by atoms with Crippen molar-refractivity contribution in [2.75, 3.05) is 5.32 Å². The van der Waals surface area contributed by atoms with Crippen molar-refractivity contribution in [3.8, 4) is 0 Å². The van der Waals surface area contributed by atoms with Crippen molar-refractivity contribution in [2.24, 2.45) is 0 Å². The molecule has 1 heterocycles. The van der Waals surface area contributed by atoms with Crippen molar-refractivity contribution in [3.63, 3.8) is 0 Å². The van der Waals surface area contributed by atoms with E-state index in [2.05, 4.69) is 5.32 Å². The summed E-state index contributed by atoms with van der Waals surface area (Å²) < 4.78 is 12.2. The molecule has 1 aromatic carbocycles. The first kappa shape index (κ1) is 18.1. The third kappa shape index (κ3) is 3.59. The summed E-state index contributed by atoms with van der Waals surface area (Å²) in [7, 11) is -0.397. The summed E-state index contributed by atoms with van der Waals surface area (Å²) >= 11 is 6.47. The zero-order chi connectivity index (χ0) is 17.5. The molecule has 1 saturated carbocycles. The third-order valence-corrected chi connectivity index (χ3v) is 5.89. The Morgan fingerprint density at radius 3 is 2.21 bits per heavy atom. The van der Waals surface area contributed by atoms with Gasteiger partial charge in [-0.25, -0.2) is 0 Å². The monoisotopic (exact) mass is 351 g/mol. The Balaban J connectivity index is 1.69. The second-order valence-corrected chi connectivity index (χ2v) is 8.38. The molecule has 2 fully saturated rings. The van der Waals surface area contributed by atoms with Crippen LogP contribution in [0.3, 0.4) is 0 Å². The van der Waals surface area contributed by atoms with E-state index in [-0.39, 0.29) is 17.3 Å². The summed E-state index contributed by atoms with van der Waals surface area (Å²) in [6.07, 6.45) is 3.49. The van der Waals surface area contributed by atoms with Crippen LogP contribution < -0.4 is 10.8 Å². The van der Waals surface area contributed by atoms with Crippen molar-refractivity contribution in [1.29, 1.82) is 0 Å².